The maximum atomic E-state index is 11.2. The minimum atomic E-state index is -0.191. The highest BCUT2D eigenvalue weighted by molar-refractivity contribution is 5.09. The number of nitrogens with one attached hydrogen (secondary N) is 1. The lowest BCUT2D eigenvalue weighted by molar-refractivity contribution is 0.183. The van der Waals surface area contributed by atoms with Crippen molar-refractivity contribution in [1.29, 1.82) is 0 Å². The molecule has 82 valence electrons. The molecule has 0 amide bonds. The second-order valence-corrected chi connectivity index (χ2v) is 3.92. The summed E-state index contributed by atoms with van der Waals surface area (Å²) < 4.78 is 5.59. The van der Waals surface area contributed by atoms with Gasteiger partial charge in [-0.3, -0.25) is 4.79 Å². The van der Waals surface area contributed by atoms with Crippen LogP contribution in [0.2, 0.25) is 0 Å². The van der Waals surface area contributed by atoms with E-state index in [1.165, 1.54) is 6.07 Å². The Morgan fingerprint density at radius 1 is 1.60 bits per heavy atom. The second-order valence-electron chi connectivity index (χ2n) is 3.92. The zero-order chi connectivity index (χ0) is 10.8. The van der Waals surface area contributed by atoms with Gasteiger partial charge in [0.05, 0.1) is 6.07 Å². The van der Waals surface area contributed by atoms with E-state index >= 15 is 0 Å². The summed E-state index contributed by atoms with van der Waals surface area (Å²) in [5, 5.41) is 0. The molecule has 1 aromatic rings. The van der Waals surface area contributed by atoms with E-state index in [9.17, 15) is 4.79 Å². The molecule has 0 spiro atoms. The van der Waals surface area contributed by atoms with Gasteiger partial charge in [-0.05, 0) is 26.2 Å². The van der Waals surface area contributed by atoms with Gasteiger partial charge < -0.3 is 15.5 Å². The van der Waals surface area contributed by atoms with Crippen molar-refractivity contribution in [3.8, 4) is 5.88 Å². The zero-order valence-corrected chi connectivity index (χ0v) is 8.69. The average molecular weight is 209 g/mol. The normalized spacial score (nSPS) is 25.5. The Labute approximate surface area is 87.7 Å². The summed E-state index contributed by atoms with van der Waals surface area (Å²) in [6, 6.07) is 1.42. The zero-order valence-electron chi connectivity index (χ0n) is 8.69. The van der Waals surface area contributed by atoms with Gasteiger partial charge in [0.25, 0.3) is 5.56 Å². The van der Waals surface area contributed by atoms with Crippen LogP contribution in [0.4, 0.5) is 0 Å². The van der Waals surface area contributed by atoms with Crippen LogP contribution in [0.3, 0.4) is 0 Å². The van der Waals surface area contributed by atoms with Crippen molar-refractivity contribution in [2.45, 2.75) is 38.3 Å². The molecule has 0 radical (unpaired) electrons. The first-order valence-electron chi connectivity index (χ1n) is 5.15. The van der Waals surface area contributed by atoms with Crippen LogP contribution in [0.25, 0.3) is 0 Å². The highest BCUT2D eigenvalue weighted by Crippen LogP contribution is 2.21. The summed E-state index contributed by atoms with van der Waals surface area (Å²) in [5.74, 6) is 0.933. The molecule has 5 nitrogen and oxygen atoms in total. The Hall–Kier alpha value is -1.36. The monoisotopic (exact) mass is 209 g/mol. The molecule has 2 rings (SSSR count). The van der Waals surface area contributed by atoms with E-state index in [2.05, 4.69) is 9.97 Å². The minimum Gasteiger partial charge on any atom is -0.473 e. The third-order valence-electron chi connectivity index (χ3n) is 2.61. The van der Waals surface area contributed by atoms with Gasteiger partial charge in [0.2, 0.25) is 5.88 Å². The van der Waals surface area contributed by atoms with Crippen molar-refractivity contribution in [3.63, 3.8) is 0 Å². The number of hydrogen-bond acceptors (Lipinski definition) is 4. The first kappa shape index (κ1) is 10.2. The maximum Gasteiger partial charge on any atom is 0.254 e. The van der Waals surface area contributed by atoms with Gasteiger partial charge in [-0.1, -0.05) is 0 Å². The molecule has 0 bridgehead atoms. The second kappa shape index (κ2) is 4.02. The lowest BCUT2D eigenvalue weighted by atomic mass is 10.2. The Morgan fingerprint density at radius 3 is 3.00 bits per heavy atom. The molecule has 0 aliphatic heterocycles. The van der Waals surface area contributed by atoms with Crippen molar-refractivity contribution >= 4 is 0 Å². The van der Waals surface area contributed by atoms with Crippen molar-refractivity contribution in [2.24, 2.45) is 5.73 Å². The van der Waals surface area contributed by atoms with Gasteiger partial charge in [-0.15, -0.1) is 0 Å². The molecule has 1 heterocycles. The highest BCUT2D eigenvalue weighted by Gasteiger charge is 2.26. The molecule has 3 N–H and O–H groups in total. The Bertz CT molecular complexity index is 402. The smallest absolute Gasteiger partial charge is 0.254 e. The van der Waals surface area contributed by atoms with Crippen LogP contribution in [0, 0.1) is 6.92 Å². The predicted octanol–water partition coefficient (Wildman–Crippen LogP) is 0.337. The summed E-state index contributed by atoms with van der Waals surface area (Å²) in [6.07, 6.45) is 2.99. The Morgan fingerprint density at radius 2 is 2.40 bits per heavy atom. The van der Waals surface area contributed by atoms with E-state index < -0.39 is 0 Å². The molecule has 0 aromatic carbocycles. The van der Waals surface area contributed by atoms with E-state index in [4.69, 9.17) is 10.5 Å². The van der Waals surface area contributed by atoms with E-state index in [0.29, 0.717) is 11.7 Å². The standard InChI is InChI=1S/C10H15N3O2/c1-6-12-9(14)5-10(13-6)15-8-4-2-3-7(8)11/h5,7-8H,2-4,11H2,1H3,(H,12,13,14). The summed E-state index contributed by atoms with van der Waals surface area (Å²) in [4.78, 5) is 17.8. The third kappa shape index (κ3) is 2.36. The summed E-state index contributed by atoms with van der Waals surface area (Å²) in [5.41, 5.74) is 5.67. The molecule has 1 saturated carbocycles. The number of ether oxygens (including phenoxy) is 1. The van der Waals surface area contributed by atoms with Crippen LogP contribution in [-0.2, 0) is 0 Å². The lowest BCUT2D eigenvalue weighted by Gasteiger charge is -2.16. The van der Waals surface area contributed by atoms with Crippen LogP contribution >= 0.6 is 0 Å². The first-order valence-corrected chi connectivity index (χ1v) is 5.15. The van der Waals surface area contributed by atoms with Gasteiger partial charge in [0.15, 0.2) is 0 Å². The number of aromatic amines is 1. The molecular formula is C10H15N3O2. The molecule has 5 heteroatoms. The van der Waals surface area contributed by atoms with Crippen LogP contribution in [-0.4, -0.2) is 22.1 Å². The van der Waals surface area contributed by atoms with E-state index in [-0.39, 0.29) is 17.7 Å². The third-order valence-corrected chi connectivity index (χ3v) is 2.61. The summed E-state index contributed by atoms with van der Waals surface area (Å²) >= 11 is 0. The van der Waals surface area contributed by atoms with Crippen molar-refractivity contribution < 1.29 is 4.74 Å². The SMILES string of the molecule is Cc1nc(OC2CCCC2N)cc(=O)[nH]1. The predicted molar refractivity (Wildman–Crippen MR) is 55.8 cm³/mol. The molecule has 1 fully saturated rings. The first-order chi connectivity index (χ1) is 7.15. The molecular weight excluding hydrogens is 194 g/mol. The van der Waals surface area contributed by atoms with E-state index in [1.54, 1.807) is 6.92 Å². The van der Waals surface area contributed by atoms with Crippen molar-refractivity contribution in [3.05, 3.63) is 22.2 Å². The summed E-state index contributed by atoms with van der Waals surface area (Å²) in [6.45, 7) is 1.73. The molecule has 2 unspecified atom stereocenters. The molecule has 0 saturated heterocycles. The Kier molecular flexibility index (Phi) is 2.73. The highest BCUT2D eigenvalue weighted by atomic mass is 16.5. The van der Waals surface area contributed by atoms with Crippen molar-refractivity contribution in [1.82, 2.24) is 9.97 Å². The molecule has 1 aromatic heterocycles. The molecule has 2 atom stereocenters. The fourth-order valence-corrected chi connectivity index (χ4v) is 1.87. The lowest BCUT2D eigenvalue weighted by Crippen LogP contribution is -2.34. The quantitative estimate of drug-likeness (QED) is 0.735. The largest absolute Gasteiger partial charge is 0.473 e. The van der Waals surface area contributed by atoms with Gasteiger partial charge in [0, 0.05) is 6.04 Å². The van der Waals surface area contributed by atoms with Gasteiger partial charge in [0.1, 0.15) is 11.9 Å². The number of H-pyrrole nitrogens is 1. The van der Waals surface area contributed by atoms with Crippen LogP contribution in [0.1, 0.15) is 25.1 Å². The van der Waals surface area contributed by atoms with Crippen molar-refractivity contribution in [2.75, 3.05) is 0 Å². The van der Waals surface area contributed by atoms with E-state index in [0.717, 1.165) is 19.3 Å². The average Bonchev–Trinajstić information content (AvgIpc) is 2.50. The van der Waals surface area contributed by atoms with E-state index in [1.807, 2.05) is 0 Å². The topological polar surface area (TPSA) is 81.0 Å². The fraction of sp³-hybridized carbons (Fsp3) is 0.600. The van der Waals surface area contributed by atoms with Crippen LogP contribution in [0.15, 0.2) is 10.9 Å². The number of nitrogens with two attached hydrogens (primary N) is 1. The molecule has 15 heavy (non-hydrogen) atoms. The number of nitrogens with zero attached hydrogens (tertiary/aromatic N) is 1. The van der Waals surface area contributed by atoms with Gasteiger partial charge >= 0.3 is 0 Å². The Balaban J connectivity index is 2.13. The molecule has 1 aliphatic carbocycles. The number of rotatable bonds is 2. The van der Waals surface area contributed by atoms with Gasteiger partial charge in [-0.2, -0.15) is 0 Å². The number of hydrogen-bond donors (Lipinski definition) is 2. The maximum absolute atomic E-state index is 11.2. The fourth-order valence-electron chi connectivity index (χ4n) is 1.87. The van der Waals surface area contributed by atoms with Crippen LogP contribution in [0.5, 0.6) is 5.88 Å². The minimum absolute atomic E-state index is 0.00120. The molecule has 1 aliphatic rings. The number of aryl methyl sites for hydroxylation is 1. The van der Waals surface area contributed by atoms with Crippen LogP contribution < -0.4 is 16.0 Å². The summed E-state index contributed by atoms with van der Waals surface area (Å²) in [7, 11) is 0. The number of aromatic nitrogens is 2. The van der Waals surface area contributed by atoms with Gasteiger partial charge in [-0.25, -0.2) is 4.98 Å².